The molecule has 1 amide bonds. The lowest BCUT2D eigenvalue weighted by atomic mass is 10.2. The quantitative estimate of drug-likeness (QED) is 0.470. The Hall–Kier alpha value is -3.62. The van der Waals surface area contributed by atoms with Crippen LogP contribution in [0.1, 0.15) is 19.8 Å². The van der Waals surface area contributed by atoms with Crippen LogP contribution in [0.5, 0.6) is 5.75 Å². The Kier molecular flexibility index (Phi) is 5.73. The number of ether oxygens (including phenoxy) is 1. The van der Waals surface area contributed by atoms with Gasteiger partial charge in [-0.3, -0.25) is 19.5 Å². The number of nitro benzene ring substituents is 1. The minimum Gasteiger partial charge on any atom is -0.494 e. The van der Waals surface area contributed by atoms with Crippen molar-refractivity contribution in [1.29, 1.82) is 0 Å². The standard InChI is InChI=1S/C19H19N3O6/c1-2-27-15-8-5-13(6-9-15)20-18(23)4-3-11-21-16-10-7-14(22(25)26)12-17(16)28-19(21)24/h5-10,12H,2-4,11H2,1H3,(H,20,23). The van der Waals surface area contributed by atoms with Gasteiger partial charge < -0.3 is 14.5 Å². The molecule has 9 heteroatoms. The predicted octanol–water partition coefficient (Wildman–Crippen LogP) is 3.32. The summed E-state index contributed by atoms with van der Waals surface area (Å²) in [5, 5.41) is 13.6. The van der Waals surface area contributed by atoms with E-state index >= 15 is 0 Å². The molecular formula is C19H19N3O6. The Balaban J connectivity index is 1.58. The topological polar surface area (TPSA) is 117 Å². The molecular weight excluding hydrogens is 366 g/mol. The van der Waals surface area contributed by atoms with E-state index in [9.17, 15) is 19.7 Å². The van der Waals surface area contributed by atoms with Gasteiger partial charge in [0.25, 0.3) is 5.69 Å². The van der Waals surface area contributed by atoms with E-state index in [1.807, 2.05) is 6.92 Å². The number of non-ortho nitro benzene ring substituents is 1. The van der Waals surface area contributed by atoms with Crippen molar-refractivity contribution in [3.05, 3.63) is 63.1 Å². The first-order chi connectivity index (χ1) is 13.5. The average molecular weight is 385 g/mol. The number of aromatic nitrogens is 1. The summed E-state index contributed by atoms with van der Waals surface area (Å²) in [5.74, 6) is -0.0602. The number of fused-ring (bicyclic) bond motifs is 1. The van der Waals surface area contributed by atoms with Crippen LogP contribution < -0.4 is 15.8 Å². The summed E-state index contributed by atoms with van der Waals surface area (Å²) in [6.45, 7) is 2.73. The molecule has 146 valence electrons. The fourth-order valence-electron chi connectivity index (χ4n) is 2.80. The first-order valence-corrected chi connectivity index (χ1v) is 8.78. The van der Waals surface area contributed by atoms with Gasteiger partial charge in [-0.1, -0.05) is 0 Å². The monoisotopic (exact) mass is 385 g/mol. The van der Waals surface area contributed by atoms with Crippen LogP contribution in [0.3, 0.4) is 0 Å². The number of aryl methyl sites for hydroxylation is 1. The van der Waals surface area contributed by atoms with Crippen molar-refractivity contribution in [3.63, 3.8) is 0 Å². The molecule has 0 aliphatic carbocycles. The van der Waals surface area contributed by atoms with Crippen LogP contribution in [0.15, 0.2) is 51.7 Å². The van der Waals surface area contributed by atoms with Gasteiger partial charge in [0.1, 0.15) is 5.75 Å². The van der Waals surface area contributed by atoms with Crippen molar-refractivity contribution in [1.82, 2.24) is 4.57 Å². The highest BCUT2D eigenvalue weighted by Crippen LogP contribution is 2.20. The van der Waals surface area contributed by atoms with E-state index in [1.54, 1.807) is 24.3 Å². The maximum atomic E-state index is 12.1. The van der Waals surface area contributed by atoms with Gasteiger partial charge in [0, 0.05) is 24.7 Å². The van der Waals surface area contributed by atoms with Crippen LogP contribution in [0.2, 0.25) is 0 Å². The molecule has 1 N–H and O–H groups in total. The van der Waals surface area contributed by atoms with E-state index in [-0.39, 0.29) is 30.1 Å². The average Bonchev–Trinajstić information content (AvgIpc) is 2.98. The molecule has 0 atom stereocenters. The molecule has 3 aromatic rings. The van der Waals surface area contributed by atoms with Crippen LogP contribution in [-0.2, 0) is 11.3 Å². The molecule has 0 aliphatic heterocycles. The van der Waals surface area contributed by atoms with Crippen molar-refractivity contribution < 1.29 is 18.9 Å². The third-order valence-electron chi connectivity index (χ3n) is 4.10. The molecule has 0 bridgehead atoms. The number of rotatable bonds is 8. The molecule has 0 saturated carbocycles. The molecule has 0 aliphatic rings. The fraction of sp³-hybridized carbons (Fsp3) is 0.263. The number of oxazole rings is 1. The number of hydrogen-bond donors (Lipinski definition) is 1. The van der Waals surface area contributed by atoms with E-state index < -0.39 is 10.7 Å². The second-order valence-corrected chi connectivity index (χ2v) is 6.04. The highest BCUT2D eigenvalue weighted by molar-refractivity contribution is 5.90. The minimum atomic E-state index is -0.609. The van der Waals surface area contributed by atoms with Gasteiger partial charge in [-0.15, -0.1) is 0 Å². The summed E-state index contributed by atoms with van der Waals surface area (Å²) < 4.78 is 11.8. The lowest BCUT2D eigenvalue weighted by Crippen LogP contribution is -2.17. The van der Waals surface area contributed by atoms with E-state index in [4.69, 9.17) is 9.15 Å². The van der Waals surface area contributed by atoms with Crippen molar-refractivity contribution in [2.75, 3.05) is 11.9 Å². The third-order valence-corrected chi connectivity index (χ3v) is 4.10. The van der Waals surface area contributed by atoms with Crippen molar-refractivity contribution in [3.8, 4) is 5.75 Å². The predicted molar refractivity (Wildman–Crippen MR) is 103 cm³/mol. The zero-order chi connectivity index (χ0) is 20.1. The summed E-state index contributed by atoms with van der Waals surface area (Å²) in [6.07, 6.45) is 0.619. The molecule has 28 heavy (non-hydrogen) atoms. The molecule has 0 fully saturated rings. The van der Waals surface area contributed by atoms with E-state index in [0.717, 1.165) is 5.75 Å². The lowest BCUT2D eigenvalue weighted by Gasteiger charge is -2.07. The normalized spacial score (nSPS) is 10.8. The Bertz CT molecular complexity index is 1050. The van der Waals surface area contributed by atoms with Gasteiger partial charge in [0.05, 0.1) is 23.1 Å². The molecule has 9 nitrogen and oxygen atoms in total. The third kappa shape index (κ3) is 4.37. The Morgan fingerprint density at radius 1 is 1.25 bits per heavy atom. The molecule has 2 aromatic carbocycles. The lowest BCUT2D eigenvalue weighted by molar-refractivity contribution is -0.384. The van der Waals surface area contributed by atoms with Crippen molar-refractivity contribution >= 4 is 28.4 Å². The van der Waals surface area contributed by atoms with Crippen LogP contribution >= 0.6 is 0 Å². The number of benzene rings is 2. The zero-order valence-electron chi connectivity index (χ0n) is 15.2. The molecule has 0 unspecified atom stereocenters. The number of carbonyl (C=O) groups excluding carboxylic acids is 1. The van der Waals surface area contributed by atoms with Gasteiger partial charge in [-0.05, 0) is 43.7 Å². The number of amides is 1. The van der Waals surface area contributed by atoms with Gasteiger partial charge in [0.2, 0.25) is 5.91 Å². The number of nitrogens with zero attached hydrogens (tertiary/aromatic N) is 2. The zero-order valence-corrected chi connectivity index (χ0v) is 15.2. The first kappa shape index (κ1) is 19.2. The highest BCUT2D eigenvalue weighted by Gasteiger charge is 2.14. The first-order valence-electron chi connectivity index (χ1n) is 8.78. The molecule has 0 radical (unpaired) electrons. The summed E-state index contributed by atoms with van der Waals surface area (Å²) in [6, 6.07) is 11.1. The van der Waals surface area contributed by atoms with Crippen LogP contribution in [-0.4, -0.2) is 22.0 Å². The number of nitro groups is 1. The summed E-state index contributed by atoms with van der Waals surface area (Å²) >= 11 is 0. The maximum Gasteiger partial charge on any atom is 0.419 e. The molecule has 0 saturated heterocycles. The van der Waals surface area contributed by atoms with Crippen LogP contribution in [0.25, 0.3) is 11.1 Å². The smallest absolute Gasteiger partial charge is 0.419 e. The minimum absolute atomic E-state index is 0.150. The molecule has 3 rings (SSSR count). The summed E-state index contributed by atoms with van der Waals surface area (Å²) in [5.41, 5.74) is 1.12. The summed E-state index contributed by atoms with van der Waals surface area (Å²) in [7, 11) is 0. The molecule has 0 spiro atoms. The van der Waals surface area contributed by atoms with Crippen LogP contribution in [0, 0.1) is 10.1 Å². The number of carbonyl (C=O) groups is 1. The van der Waals surface area contributed by atoms with E-state index in [1.165, 1.54) is 22.8 Å². The maximum absolute atomic E-state index is 12.1. The van der Waals surface area contributed by atoms with E-state index in [2.05, 4.69) is 5.32 Å². The van der Waals surface area contributed by atoms with Gasteiger partial charge >= 0.3 is 5.76 Å². The van der Waals surface area contributed by atoms with Crippen LogP contribution in [0.4, 0.5) is 11.4 Å². The number of anilines is 1. The number of nitrogens with one attached hydrogen (secondary N) is 1. The van der Waals surface area contributed by atoms with Gasteiger partial charge in [0.15, 0.2) is 5.58 Å². The Morgan fingerprint density at radius 3 is 2.68 bits per heavy atom. The second-order valence-electron chi connectivity index (χ2n) is 6.04. The Morgan fingerprint density at radius 2 is 2.00 bits per heavy atom. The largest absolute Gasteiger partial charge is 0.494 e. The Labute approximate surface area is 159 Å². The highest BCUT2D eigenvalue weighted by atomic mass is 16.6. The van der Waals surface area contributed by atoms with E-state index in [0.29, 0.717) is 24.2 Å². The number of hydrogen-bond acceptors (Lipinski definition) is 6. The molecule has 1 aromatic heterocycles. The SMILES string of the molecule is CCOc1ccc(NC(=O)CCCn2c(=O)oc3cc([N+](=O)[O-])ccc32)cc1. The molecule has 1 heterocycles. The van der Waals surface area contributed by atoms with Gasteiger partial charge in [-0.25, -0.2) is 4.79 Å². The van der Waals surface area contributed by atoms with Crippen molar-refractivity contribution in [2.24, 2.45) is 0 Å². The van der Waals surface area contributed by atoms with Crippen molar-refractivity contribution in [2.45, 2.75) is 26.3 Å². The summed E-state index contributed by atoms with van der Waals surface area (Å²) in [4.78, 5) is 34.3. The second kappa shape index (κ2) is 8.38. The fourth-order valence-corrected chi connectivity index (χ4v) is 2.80. The van der Waals surface area contributed by atoms with Gasteiger partial charge in [-0.2, -0.15) is 0 Å².